The van der Waals surface area contributed by atoms with Crippen molar-refractivity contribution in [1.29, 1.82) is 5.26 Å². The number of carbonyl (C=O) groups is 1. The Balaban J connectivity index is 1.61. The van der Waals surface area contributed by atoms with Gasteiger partial charge in [-0.1, -0.05) is 12.1 Å². The number of quaternary nitrogens is 1. The van der Waals surface area contributed by atoms with Crippen LogP contribution in [0.25, 0.3) is 0 Å². The monoisotopic (exact) mass is 421 g/mol. The third-order valence-electron chi connectivity index (χ3n) is 5.41. The zero-order valence-electron chi connectivity index (χ0n) is 18.1. The number of rotatable bonds is 8. The number of benzene rings is 2. The van der Waals surface area contributed by atoms with E-state index in [9.17, 15) is 4.79 Å². The van der Waals surface area contributed by atoms with Crippen molar-refractivity contribution in [3.8, 4) is 17.6 Å². The van der Waals surface area contributed by atoms with Crippen LogP contribution in [0, 0.1) is 11.3 Å². The first kappa shape index (κ1) is 22.3. The van der Waals surface area contributed by atoms with Crippen LogP contribution < -0.4 is 19.8 Å². The summed E-state index contributed by atoms with van der Waals surface area (Å²) in [6.45, 7) is 4.92. The molecular formula is C24H29N4O3+. The van der Waals surface area contributed by atoms with E-state index in [1.807, 2.05) is 25.1 Å². The summed E-state index contributed by atoms with van der Waals surface area (Å²) >= 11 is 0. The van der Waals surface area contributed by atoms with Gasteiger partial charge in [0.2, 0.25) is 0 Å². The molecule has 1 aliphatic rings. The first-order chi connectivity index (χ1) is 15.1. The fourth-order valence-electron chi connectivity index (χ4n) is 3.71. The van der Waals surface area contributed by atoms with Gasteiger partial charge in [0.1, 0.15) is 24.1 Å². The standard InChI is InChI=1S/C24H28N4O3/c1-18(26-27-24(29)17-31-23-9-5-4-8-20(23)15-25)19-10-11-22(30-2)21(14-19)16-28-12-6-3-7-13-28/h4-5,8-11,14H,3,6-7,12-13,16-17H2,1-2H3,(H,27,29)/p+1/b26-18-. The molecule has 0 unspecified atom stereocenters. The number of amides is 1. The Bertz CT molecular complexity index is 975. The minimum Gasteiger partial charge on any atom is -0.496 e. The average Bonchev–Trinajstić information content (AvgIpc) is 2.82. The van der Waals surface area contributed by atoms with Crippen molar-refractivity contribution in [3.05, 3.63) is 59.2 Å². The van der Waals surface area contributed by atoms with Gasteiger partial charge in [0.05, 0.1) is 31.5 Å². The van der Waals surface area contributed by atoms with E-state index in [2.05, 4.69) is 16.6 Å². The highest BCUT2D eigenvalue weighted by molar-refractivity contribution is 5.99. The molecule has 1 heterocycles. The van der Waals surface area contributed by atoms with Gasteiger partial charge in [-0.05, 0) is 62.1 Å². The molecule has 1 fully saturated rings. The van der Waals surface area contributed by atoms with Gasteiger partial charge >= 0.3 is 0 Å². The second-order valence-corrected chi connectivity index (χ2v) is 7.64. The van der Waals surface area contributed by atoms with E-state index >= 15 is 0 Å². The third kappa shape index (κ3) is 6.30. The average molecular weight is 422 g/mol. The van der Waals surface area contributed by atoms with Gasteiger partial charge in [0.15, 0.2) is 6.61 Å². The maximum absolute atomic E-state index is 12.1. The van der Waals surface area contributed by atoms with Crippen LogP contribution in [-0.4, -0.2) is 38.4 Å². The van der Waals surface area contributed by atoms with Crippen molar-refractivity contribution in [1.82, 2.24) is 5.43 Å². The molecule has 0 bridgehead atoms. The maximum Gasteiger partial charge on any atom is 0.277 e. The molecule has 0 atom stereocenters. The lowest BCUT2D eigenvalue weighted by Crippen LogP contribution is -3.11. The maximum atomic E-state index is 12.1. The van der Waals surface area contributed by atoms with Crippen LogP contribution in [0.5, 0.6) is 11.5 Å². The summed E-state index contributed by atoms with van der Waals surface area (Å²) in [6.07, 6.45) is 3.85. The van der Waals surface area contributed by atoms with E-state index in [-0.39, 0.29) is 6.61 Å². The summed E-state index contributed by atoms with van der Waals surface area (Å²) in [5.41, 5.74) is 5.69. The molecule has 0 aliphatic carbocycles. The van der Waals surface area contributed by atoms with Crippen molar-refractivity contribution in [2.75, 3.05) is 26.8 Å². The van der Waals surface area contributed by atoms with E-state index in [0.717, 1.165) is 23.4 Å². The quantitative estimate of drug-likeness (QED) is 0.504. The zero-order chi connectivity index (χ0) is 22.1. The van der Waals surface area contributed by atoms with Crippen molar-refractivity contribution >= 4 is 11.6 Å². The number of para-hydroxylation sites is 1. The molecule has 0 radical (unpaired) electrons. The van der Waals surface area contributed by atoms with Crippen LogP contribution in [0.3, 0.4) is 0 Å². The highest BCUT2D eigenvalue weighted by atomic mass is 16.5. The molecule has 162 valence electrons. The van der Waals surface area contributed by atoms with Crippen LogP contribution in [-0.2, 0) is 11.3 Å². The SMILES string of the molecule is COc1ccc(/C(C)=N\NC(=O)COc2ccccc2C#N)cc1C[NH+]1CCCCC1. The second-order valence-electron chi connectivity index (χ2n) is 7.64. The fourth-order valence-corrected chi connectivity index (χ4v) is 3.71. The Morgan fingerprint density at radius 3 is 2.68 bits per heavy atom. The molecule has 2 aromatic carbocycles. The number of methoxy groups -OCH3 is 1. The first-order valence-electron chi connectivity index (χ1n) is 10.6. The minimum atomic E-state index is -0.390. The summed E-state index contributed by atoms with van der Waals surface area (Å²) in [5, 5.41) is 13.3. The molecule has 7 nitrogen and oxygen atoms in total. The molecule has 2 aromatic rings. The summed E-state index contributed by atoms with van der Waals surface area (Å²) < 4.78 is 11.0. The van der Waals surface area contributed by atoms with E-state index < -0.39 is 5.91 Å². The van der Waals surface area contributed by atoms with E-state index in [1.54, 1.807) is 36.3 Å². The summed E-state index contributed by atoms with van der Waals surface area (Å²) in [6, 6.07) is 14.8. The number of likely N-dealkylation sites (tertiary alicyclic amines) is 1. The number of piperidine rings is 1. The molecule has 0 saturated carbocycles. The van der Waals surface area contributed by atoms with Gasteiger partial charge in [0, 0.05) is 5.56 Å². The molecule has 2 N–H and O–H groups in total. The number of carbonyl (C=O) groups excluding carboxylic acids is 1. The smallest absolute Gasteiger partial charge is 0.277 e. The predicted octanol–water partition coefficient (Wildman–Crippen LogP) is 2.05. The van der Waals surface area contributed by atoms with Gasteiger partial charge in [0.25, 0.3) is 5.91 Å². The van der Waals surface area contributed by atoms with Crippen LogP contribution >= 0.6 is 0 Å². The van der Waals surface area contributed by atoms with Gasteiger partial charge < -0.3 is 14.4 Å². The number of nitrogens with one attached hydrogen (secondary N) is 2. The summed E-state index contributed by atoms with van der Waals surface area (Å²) in [7, 11) is 1.69. The Hall–Kier alpha value is -3.37. The van der Waals surface area contributed by atoms with Gasteiger partial charge in [-0.15, -0.1) is 0 Å². The predicted molar refractivity (Wildman–Crippen MR) is 118 cm³/mol. The molecule has 0 spiro atoms. The molecule has 7 heteroatoms. The van der Waals surface area contributed by atoms with Crippen molar-refractivity contribution in [3.63, 3.8) is 0 Å². The van der Waals surface area contributed by atoms with Gasteiger partial charge in [-0.3, -0.25) is 4.79 Å². The van der Waals surface area contributed by atoms with Crippen LogP contribution in [0.15, 0.2) is 47.6 Å². The largest absolute Gasteiger partial charge is 0.496 e. The molecule has 31 heavy (non-hydrogen) atoms. The topological polar surface area (TPSA) is 88.2 Å². The summed E-state index contributed by atoms with van der Waals surface area (Å²) in [5.74, 6) is 0.864. The lowest BCUT2D eigenvalue weighted by atomic mass is 10.0. The third-order valence-corrected chi connectivity index (χ3v) is 5.41. The lowest BCUT2D eigenvalue weighted by Gasteiger charge is -2.24. The number of nitrogens with zero attached hydrogens (tertiary/aromatic N) is 2. The van der Waals surface area contributed by atoms with Crippen LogP contribution in [0.2, 0.25) is 0 Å². The molecule has 1 amide bonds. The Kier molecular flexibility index (Phi) is 8.02. The van der Waals surface area contributed by atoms with Crippen molar-refractivity contribution < 1.29 is 19.2 Å². The Morgan fingerprint density at radius 1 is 1.16 bits per heavy atom. The number of hydrogen-bond acceptors (Lipinski definition) is 5. The summed E-state index contributed by atoms with van der Waals surface area (Å²) in [4.78, 5) is 13.7. The molecular weight excluding hydrogens is 392 g/mol. The van der Waals surface area contributed by atoms with Crippen LogP contribution in [0.4, 0.5) is 0 Å². The fraction of sp³-hybridized carbons (Fsp3) is 0.375. The van der Waals surface area contributed by atoms with Crippen molar-refractivity contribution in [2.24, 2.45) is 5.10 Å². The van der Waals surface area contributed by atoms with Crippen LogP contribution in [0.1, 0.15) is 42.9 Å². The molecule has 1 saturated heterocycles. The highest BCUT2D eigenvalue weighted by Gasteiger charge is 2.17. The molecule has 1 aliphatic heterocycles. The first-order valence-corrected chi connectivity index (χ1v) is 10.6. The molecule has 0 aromatic heterocycles. The van der Waals surface area contributed by atoms with E-state index in [4.69, 9.17) is 14.7 Å². The lowest BCUT2D eigenvalue weighted by molar-refractivity contribution is -0.918. The molecule has 3 rings (SSSR count). The number of hydrogen-bond donors (Lipinski definition) is 2. The normalized spacial score (nSPS) is 14.5. The minimum absolute atomic E-state index is 0.221. The Labute approximate surface area is 183 Å². The number of nitriles is 1. The van der Waals surface area contributed by atoms with Crippen molar-refractivity contribution in [2.45, 2.75) is 32.7 Å². The van der Waals surface area contributed by atoms with E-state index in [0.29, 0.717) is 17.0 Å². The number of hydrazone groups is 1. The van der Waals surface area contributed by atoms with E-state index in [1.165, 1.54) is 32.4 Å². The highest BCUT2D eigenvalue weighted by Crippen LogP contribution is 2.20. The number of ether oxygens (including phenoxy) is 2. The Morgan fingerprint density at radius 2 is 1.94 bits per heavy atom. The van der Waals surface area contributed by atoms with Gasteiger partial charge in [-0.2, -0.15) is 10.4 Å². The van der Waals surface area contributed by atoms with Gasteiger partial charge in [-0.25, -0.2) is 5.43 Å². The second kappa shape index (κ2) is 11.1. The zero-order valence-corrected chi connectivity index (χ0v) is 18.1.